The normalized spacial score (nSPS) is 19.0. The highest BCUT2D eigenvalue weighted by Gasteiger charge is 2.25. The monoisotopic (exact) mass is 282 g/mol. The Morgan fingerprint density at radius 2 is 1.60 bits per heavy atom. The first-order valence-corrected chi connectivity index (χ1v) is 7.96. The lowest BCUT2D eigenvalue weighted by molar-refractivity contribution is 0.113. The molecule has 0 N–H and O–H groups in total. The van der Waals surface area contributed by atoms with Crippen molar-refractivity contribution in [3.8, 4) is 0 Å². The predicted molar refractivity (Wildman–Crippen MR) is 88.3 cm³/mol. The summed E-state index contributed by atoms with van der Waals surface area (Å²) in [7, 11) is 8.25. The van der Waals surface area contributed by atoms with Gasteiger partial charge in [0.15, 0.2) is 5.96 Å². The predicted octanol–water partition coefficient (Wildman–Crippen LogP) is 2.22. The van der Waals surface area contributed by atoms with E-state index in [0.717, 1.165) is 18.4 Å². The summed E-state index contributed by atoms with van der Waals surface area (Å²) in [5.41, 5.74) is 0. The summed E-state index contributed by atoms with van der Waals surface area (Å²) in [5, 5.41) is 0. The zero-order valence-corrected chi connectivity index (χ0v) is 14.6. The average Bonchev–Trinajstić information content (AvgIpc) is 2.34. The van der Waals surface area contributed by atoms with Crippen LogP contribution in [0.25, 0.3) is 0 Å². The molecular weight excluding hydrogens is 248 g/mol. The van der Waals surface area contributed by atoms with Gasteiger partial charge in [-0.05, 0) is 37.8 Å². The largest absolute Gasteiger partial charge is 0.349 e. The van der Waals surface area contributed by atoms with Crippen LogP contribution in [0.15, 0.2) is 4.99 Å². The van der Waals surface area contributed by atoms with Crippen LogP contribution in [-0.4, -0.2) is 74.5 Å². The Balaban J connectivity index is 2.70. The third kappa shape index (κ3) is 4.97. The topological polar surface area (TPSA) is 22.1 Å². The van der Waals surface area contributed by atoms with Crippen LogP contribution in [0.1, 0.15) is 33.6 Å². The first kappa shape index (κ1) is 17.3. The van der Waals surface area contributed by atoms with E-state index < -0.39 is 0 Å². The van der Waals surface area contributed by atoms with Crippen molar-refractivity contribution in [3.63, 3.8) is 0 Å². The molecule has 1 fully saturated rings. The maximum absolute atomic E-state index is 4.87. The Bertz CT molecular complexity index is 292. The lowest BCUT2D eigenvalue weighted by Crippen LogP contribution is -2.46. The summed E-state index contributed by atoms with van der Waals surface area (Å²) in [5.74, 6) is 2.60. The van der Waals surface area contributed by atoms with Crippen molar-refractivity contribution in [2.24, 2.45) is 16.8 Å². The lowest BCUT2D eigenvalue weighted by atomic mass is 9.94. The molecule has 1 atom stereocenters. The summed E-state index contributed by atoms with van der Waals surface area (Å²) < 4.78 is 0. The number of aliphatic imine (C=N–C) groups is 1. The van der Waals surface area contributed by atoms with Crippen molar-refractivity contribution < 1.29 is 0 Å². The fourth-order valence-corrected chi connectivity index (χ4v) is 2.97. The molecule has 0 aliphatic carbocycles. The first-order valence-electron chi connectivity index (χ1n) is 7.96. The van der Waals surface area contributed by atoms with Crippen molar-refractivity contribution in [2.75, 3.05) is 47.8 Å². The summed E-state index contributed by atoms with van der Waals surface area (Å²) in [4.78, 5) is 11.7. The third-order valence-corrected chi connectivity index (χ3v) is 4.28. The number of likely N-dealkylation sites (tertiary alicyclic amines) is 1. The second kappa shape index (κ2) is 7.87. The molecule has 0 amide bonds. The van der Waals surface area contributed by atoms with E-state index in [1.165, 1.54) is 25.9 Å². The van der Waals surface area contributed by atoms with E-state index in [-0.39, 0.29) is 0 Å². The lowest BCUT2D eigenvalue weighted by Gasteiger charge is -2.38. The smallest absolute Gasteiger partial charge is 0.195 e. The molecule has 1 heterocycles. The molecule has 0 bridgehead atoms. The van der Waals surface area contributed by atoms with E-state index in [1.54, 1.807) is 0 Å². The number of nitrogens with zero attached hydrogens (tertiary/aromatic N) is 4. The van der Waals surface area contributed by atoms with Crippen LogP contribution in [0.4, 0.5) is 0 Å². The minimum Gasteiger partial charge on any atom is -0.349 e. The molecule has 1 aliphatic rings. The molecule has 4 nitrogen and oxygen atoms in total. The minimum absolute atomic E-state index is 0.567. The van der Waals surface area contributed by atoms with Gasteiger partial charge in [0.25, 0.3) is 0 Å². The third-order valence-electron chi connectivity index (χ3n) is 4.28. The fourth-order valence-electron chi connectivity index (χ4n) is 2.97. The molecule has 0 radical (unpaired) electrons. The van der Waals surface area contributed by atoms with Gasteiger partial charge in [-0.3, -0.25) is 9.89 Å². The molecule has 0 spiro atoms. The van der Waals surface area contributed by atoms with Gasteiger partial charge >= 0.3 is 0 Å². The van der Waals surface area contributed by atoms with Crippen LogP contribution >= 0.6 is 0 Å². The molecule has 4 heteroatoms. The Hall–Kier alpha value is -0.770. The van der Waals surface area contributed by atoms with Crippen molar-refractivity contribution in [2.45, 2.75) is 39.7 Å². The Morgan fingerprint density at radius 3 is 2.00 bits per heavy atom. The van der Waals surface area contributed by atoms with Gasteiger partial charge in [-0.25, -0.2) is 0 Å². The minimum atomic E-state index is 0.567. The highest BCUT2D eigenvalue weighted by molar-refractivity contribution is 5.79. The van der Waals surface area contributed by atoms with Gasteiger partial charge < -0.3 is 9.80 Å². The SMILES string of the molecule is CC1CCN(C(CN=C(N(C)C)N(C)C)C(C)C)CC1. The van der Waals surface area contributed by atoms with Gasteiger partial charge in [0.1, 0.15) is 0 Å². The van der Waals surface area contributed by atoms with Gasteiger partial charge in [-0.15, -0.1) is 0 Å². The molecule has 1 rings (SSSR count). The molecular formula is C16H34N4. The van der Waals surface area contributed by atoms with Crippen LogP contribution in [0.2, 0.25) is 0 Å². The molecule has 0 saturated carbocycles. The molecule has 0 aromatic rings. The quantitative estimate of drug-likeness (QED) is 0.583. The molecule has 118 valence electrons. The highest BCUT2D eigenvalue weighted by Crippen LogP contribution is 2.21. The first-order chi connectivity index (χ1) is 9.32. The average molecular weight is 282 g/mol. The maximum Gasteiger partial charge on any atom is 0.195 e. The van der Waals surface area contributed by atoms with Gasteiger partial charge in [0.05, 0.1) is 6.54 Å². The highest BCUT2D eigenvalue weighted by atomic mass is 15.3. The van der Waals surface area contributed by atoms with Crippen LogP contribution < -0.4 is 0 Å². The Kier molecular flexibility index (Phi) is 6.80. The molecule has 1 unspecified atom stereocenters. The molecule has 0 aromatic carbocycles. The zero-order chi connectivity index (χ0) is 15.3. The standard InChI is InChI=1S/C16H34N4/c1-13(2)15(20-10-8-14(3)9-11-20)12-17-16(18(4)5)19(6)7/h13-15H,8-12H2,1-7H3. The van der Waals surface area contributed by atoms with E-state index in [4.69, 9.17) is 4.99 Å². The maximum atomic E-state index is 4.87. The van der Waals surface area contributed by atoms with Gasteiger partial charge in [0, 0.05) is 34.2 Å². The second-order valence-corrected chi connectivity index (χ2v) is 6.96. The molecule has 1 aliphatic heterocycles. The number of hydrogen-bond donors (Lipinski definition) is 0. The summed E-state index contributed by atoms with van der Waals surface area (Å²) in [6.45, 7) is 10.4. The van der Waals surface area contributed by atoms with Crippen LogP contribution in [0.5, 0.6) is 0 Å². The Labute approximate surface area is 125 Å². The van der Waals surface area contributed by atoms with E-state index in [9.17, 15) is 0 Å². The van der Waals surface area contributed by atoms with E-state index in [0.29, 0.717) is 12.0 Å². The zero-order valence-electron chi connectivity index (χ0n) is 14.6. The van der Waals surface area contributed by atoms with Gasteiger partial charge in [0.2, 0.25) is 0 Å². The van der Waals surface area contributed by atoms with E-state index in [1.807, 2.05) is 0 Å². The molecule has 0 aromatic heterocycles. The van der Waals surface area contributed by atoms with Gasteiger partial charge in [-0.2, -0.15) is 0 Å². The number of hydrogen-bond acceptors (Lipinski definition) is 2. The molecule has 20 heavy (non-hydrogen) atoms. The summed E-state index contributed by atoms with van der Waals surface area (Å²) >= 11 is 0. The summed E-state index contributed by atoms with van der Waals surface area (Å²) in [6.07, 6.45) is 2.67. The summed E-state index contributed by atoms with van der Waals surface area (Å²) in [6, 6.07) is 0.567. The van der Waals surface area contributed by atoms with Crippen molar-refractivity contribution >= 4 is 5.96 Å². The van der Waals surface area contributed by atoms with Crippen molar-refractivity contribution in [1.82, 2.24) is 14.7 Å². The number of piperidine rings is 1. The van der Waals surface area contributed by atoms with Gasteiger partial charge in [-0.1, -0.05) is 20.8 Å². The van der Waals surface area contributed by atoms with Crippen LogP contribution in [0.3, 0.4) is 0 Å². The van der Waals surface area contributed by atoms with Crippen molar-refractivity contribution in [1.29, 1.82) is 0 Å². The van der Waals surface area contributed by atoms with E-state index in [2.05, 4.69) is 63.7 Å². The fraction of sp³-hybridized carbons (Fsp3) is 0.938. The van der Waals surface area contributed by atoms with E-state index >= 15 is 0 Å². The van der Waals surface area contributed by atoms with Crippen molar-refractivity contribution in [3.05, 3.63) is 0 Å². The Morgan fingerprint density at radius 1 is 1.10 bits per heavy atom. The number of rotatable bonds is 4. The molecule has 1 saturated heterocycles. The van der Waals surface area contributed by atoms with Crippen LogP contribution in [0, 0.1) is 11.8 Å². The second-order valence-electron chi connectivity index (χ2n) is 6.96. The number of guanidine groups is 1. The van der Waals surface area contributed by atoms with Crippen LogP contribution in [-0.2, 0) is 0 Å².